The van der Waals surface area contributed by atoms with Gasteiger partial charge in [0.25, 0.3) is 0 Å². The van der Waals surface area contributed by atoms with Crippen molar-refractivity contribution in [3.63, 3.8) is 0 Å². The Morgan fingerprint density at radius 2 is 2.27 bits per heavy atom. The first-order chi connectivity index (χ1) is 7.08. The van der Waals surface area contributed by atoms with Crippen molar-refractivity contribution in [2.45, 2.75) is 45.6 Å². The van der Waals surface area contributed by atoms with Crippen LogP contribution in [0.2, 0.25) is 0 Å². The molecule has 15 heavy (non-hydrogen) atoms. The van der Waals surface area contributed by atoms with Gasteiger partial charge >= 0.3 is 0 Å². The molecule has 1 aromatic heterocycles. The third kappa shape index (κ3) is 2.19. The lowest BCUT2D eigenvalue weighted by Gasteiger charge is -2.10. The number of aromatic nitrogens is 2. The zero-order chi connectivity index (χ0) is 11.0. The third-order valence-electron chi connectivity index (χ3n) is 2.54. The van der Waals surface area contributed by atoms with Crippen molar-refractivity contribution in [2.75, 3.05) is 5.32 Å². The van der Waals surface area contributed by atoms with Crippen LogP contribution in [0.3, 0.4) is 0 Å². The fraction of sp³-hybridized carbons (Fsp3) is 0.636. The number of carbonyl (C=O) groups is 1. The van der Waals surface area contributed by atoms with Crippen molar-refractivity contribution >= 4 is 11.7 Å². The smallest absolute Gasteiger partial charge is 0.222 e. The molecule has 0 aliphatic heterocycles. The van der Waals surface area contributed by atoms with E-state index in [2.05, 4.69) is 24.3 Å². The van der Waals surface area contributed by atoms with Crippen LogP contribution < -0.4 is 5.32 Å². The van der Waals surface area contributed by atoms with Crippen molar-refractivity contribution in [1.29, 1.82) is 0 Å². The van der Waals surface area contributed by atoms with E-state index in [4.69, 9.17) is 0 Å². The third-order valence-corrected chi connectivity index (χ3v) is 2.54. The first-order valence-electron chi connectivity index (χ1n) is 5.45. The largest absolute Gasteiger partial charge is 0.311 e. The first kappa shape index (κ1) is 10.2. The molecule has 1 N–H and O–H groups in total. The molecule has 0 unspecified atom stereocenters. The van der Waals surface area contributed by atoms with Crippen molar-refractivity contribution < 1.29 is 4.79 Å². The van der Waals surface area contributed by atoms with Gasteiger partial charge < -0.3 is 5.32 Å². The van der Waals surface area contributed by atoms with Crippen LogP contribution in [0.5, 0.6) is 0 Å². The van der Waals surface area contributed by atoms with E-state index in [1.165, 1.54) is 19.8 Å². The van der Waals surface area contributed by atoms with Crippen LogP contribution in [0.4, 0.5) is 5.82 Å². The number of amides is 1. The molecule has 1 aromatic rings. The predicted molar refractivity (Wildman–Crippen MR) is 58.9 cm³/mol. The second kappa shape index (κ2) is 3.68. The summed E-state index contributed by atoms with van der Waals surface area (Å²) in [5.74, 6) is 1.40. The summed E-state index contributed by atoms with van der Waals surface area (Å²) in [5, 5.41) is 7.35. The van der Waals surface area contributed by atoms with E-state index in [-0.39, 0.29) is 11.9 Å². The highest BCUT2D eigenvalue weighted by atomic mass is 16.1. The van der Waals surface area contributed by atoms with Gasteiger partial charge in [-0.1, -0.05) is 0 Å². The Kier molecular flexibility index (Phi) is 2.50. The molecule has 1 fully saturated rings. The lowest BCUT2D eigenvalue weighted by Crippen LogP contribution is -2.13. The maximum atomic E-state index is 11.0. The van der Waals surface area contributed by atoms with E-state index >= 15 is 0 Å². The molecule has 0 spiro atoms. The number of rotatable bonds is 3. The highest BCUT2D eigenvalue weighted by Gasteiger charge is 2.27. The molecule has 4 heteroatoms. The maximum absolute atomic E-state index is 11.0. The van der Waals surface area contributed by atoms with Crippen LogP contribution >= 0.6 is 0 Å². The minimum atomic E-state index is -0.0425. The van der Waals surface area contributed by atoms with Gasteiger partial charge in [0.05, 0.1) is 5.69 Å². The molecular formula is C11H17N3O. The SMILES string of the molecule is CC(=O)Nc1cc(C2CC2)nn1C(C)C. The summed E-state index contributed by atoms with van der Waals surface area (Å²) < 4.78 is 1.88. The molecule has 1 aliphatic carbocycles. The Bertz CT molecular complexity index is 377. The predicted octanol–water partition coefficient (Wildman–Crippen LogP) is 2.30. The fourth-order valence-electron chi connectivity index (χ4n) is 1.66. The summed E-state index contributed by atoms with van der Waals surface area (Å²) in [6, 6.07) is 2.28. The average Bonchev–Trinajstić information content (AvgIpc) is 2.88. The molecule has 0 bridgehead atoms. The van der Waals surface area contributed by atoms with E-state index in [1.807, 2.05) is 10.7 Å². The second-order valence-electron chi connectivity index (χ2n) is 4.45. The molecular weight excluding hydrogens is 190 g/mol. The lowest BCUT2D eigenvalue weighted by molar-refractivity contribution is -0.114. The van der Waals surface area contributed by atoms with Crippen LogP contribution in [-0.2, 0) is 4.79 Å². The van der Waals surface area contributed by atoms with Gasteiger partial charge in [0.1, 0.15) is 5.82 Å². The van der Waals surface area contributed by atoms with Gasteiger partial charge in [0.15, 0.2) is 0 Å². The number of nitrogens with one attached hydrogen (secondary N) is 1. The molecule has 82 valence electrons. The van der Waals surface area contributed by atoms with E-state index < -0.39 is 0 Å². The van der Waals surface area contributed by atoms with Crippen LogP contribution in [-0.4, -0.2) is 15.7 Å². The standard InChI is InChI=1S/C11H17N3O/c1-7(2)14-11(12-8(3)15)6-10(13-14)9-4-5-9/h6-7,9H,4-5H2,1-3H3,(H,12,15). The Hall–Kier alpha value is -1.32. The van der Waals surface area contributed by atoms with E-state index in [9.17, 15) is 4.79 Å². The summed E-state index contributed by atoms with van der Waals surface area (Å²) in [7, 11) is 0. The van der Waals surface area contributed by atoms with E-state index in [0.29, 0.717) is 5.92 Å². The zero-order valence-electron chi connectivity index (χ0n) is 9.45. The number of nitrogens with zero attached hydrogens (tertiary/aromatic N) is 2. The van der Waals surface area contributed by atoms with Gasteiger partial charge in [-0.15, -0.1) is 0 Å². The van der Waals surface area contributed by atoms with Crippen LogP contribution in [0.15, 0.2) is 6.07 Å². The van der Waals surface area contributed by atoms with Crippen molar-refractivity contribution in [3.8, 4) is 0 Å². The van der Waals surface area contributed by atoms with Gasteiger partial charge in [0, 0.05) is 24.9 Å². The van der Waals surface area contributed by atoms with Gasteiger partial charge in [-0.2, -0.15) is 5.10 Å². The summed E-state index contributed by atoms with van der Waals surface area (Å²) >= 11 is 0. The quantitative estimate of drug-likeness (QED) is 0.826. The molecule has 0 aromatic carbocycles. The van der Waals surface area contributed by atoms with Crippen molar-refractivity contribution in [3.05, 3.63) is 11.8 Å². The Morgan fingerprint density at radius 3 is 2.73 bits per heavy atom. The minimum Gasteiger partial charge on any atom is -0.311 e. The summed E-state index contributed by atoms with van der Waals surface area (Å²) in [4.78, 5) is 11.0. The molecule has 0 atom stereocenters. The number of anilines is 1. The zero-order valence-corrected chi connectivity index (χ0v) is 9.45. The Labute approximate surface area is 89.7 Å². The molecule has 0 saturated heterocycles. The maximum Gasteiger partial charge on any atom is 0.222 e. The molecule has 1 amide bonds. The van der Waals surface area contributed by atoms with Crippen LogP contribution in [0.25, 0.3) is 0 Å². The van der Waals surface area contributed by atoms with Crippen molar-refractivity contribution in [1.82, 2.24) is 9.78 Å². The molecule has 1 saturated carbocycles. The lowest BCUT2D eigenvalue weighted by atomic mass is 10.3. The molecule has 1 heterocycles. The van der Waals surface area contributed by atoms with Crippen LogP contribution in [0, 0.1) is 0 Å². The number of hydrogen-bond acceptors (Lipinski definition) is 2. The van der Waals surface area contributed by atoms with Gasteiger partial charge in [0.2, 0.25) is 5.91 Å². The molecule has 2 rings (SSSR count). The fourth-order valence-corrected chi connectivity index (χ4v) is 1.66. The normalized spacial score (nSPS) is 15.7. The van der Waals surface area contributed by atoms with E-state index in [1.54, 1.807) is 0 Å². The second-order valence-corrected chi connectivity index (χ2v) is 4.45. The monoisotopic (exact) mass is 207 g/mol. The molecule has 1 aliphatic rings. The number of hydrogen-bond donors (Lipinski definition) is 1. The van der Waals surface area contributed by atoms with Gasteiger partial charge in [-0.25, -0.2) is 4.68 Å². The van der Waals surface area contributed by atoms with Gasteiger partial charge in [-0.05, 0) is 26.7 Å². The Morgan fingerprint density at radius 1 is 1.60 bits per heavy atom. The van der Waals surface area contributed by atoms with E-state index in [0.717, 1.165) is 11.5 Å². The van der Waals surface area contributed by atoms with Crippen LogP contribution in [0.1, 0.15) is 51.3 Å². The molecule has 4 nitrogen and oxygen atoms in total. The summed E-state index contributed by atoms with van der Waals surface area (Å²) in [5.41, 5.74) is 1.12. The number of carbonyl (C=O) groups excluding carboxylic acids is 1. The average molecular weight is 207 g/mol. The first-order valence-corrected chi connectivity index (χ1v) is 5.45. The highest BCUT2D eigenvalue weighted by Crippen LogP contribution is 2.40. The topological polar surface area (TPSA) is 46.9 Å². The minimum absolute atomic E-state index is 0.0425. The highest BCUT2D eigenvalue weighted by molar-refractivity contribution is 5.87. The summed E-state index contributed by atoms with van der Waals surface area (Å²) in [6.07, 6.45) is 2.46. The van der Waals surface area contributed by atoms with Gasteiger partial charge in [-0.3, -0.25) is 4.79 Å². The summed E-state index contributed by atoms with van der Waals surface area (Å²) in [6.45, 7) is 5.65. The molecule has 0 radical (unpaired) electrons. The Balaban J connectivity index is 2.27. The van der Waals surface area contributed by atoms with Crippen molar-refractivity contribution in [2.24, 2.45) is 0 Å².